The van der Waals surface area contributed by atoms with E-state index in [1.165, 1.54) is 52.4 Å². The van der Waals surface area contributed by atoms with Crippen molar-refractivity contribution in [1.82, 2.24) is 20.0 Å². The van der Waals surface area contributed by atoms with Crippen LogP contribution in [0.4, 0.5) is 0 Å². The van der Waals surface area contributed by atoms with Crippen molar-refractivity contribution in [3.05, 3.63) is 0 Å². The summed E-state index contributed by atoms with van der Waals surface area (Å²) in [6.07, 6.45) is 0. The summed E-state index contributed by atoms with van der Waals surface area (Å²) in [5.74, 6) is 0. The first kappa shape index (κ1) is 14.3. The van der Waals surface area contributed by atoms with Crippen molar-refractivity contribution in [3.8, 4) is 0 Å². The van der Waals surface area contributed by atoms with E-state index < -0.39 is 0 Å². The lowest BCUT2D eigenvalue weighted by Gasteiger charge is -2.42. The van der Waals surface area contributed by atoms with E-state index in [1.807, 2.05) is 0 Å². The fourth-order valence-corrected chi connectivity index (χ4v) is 2.86. The third-order valence-electron chi connectivity index (χ3n) is 4.26. The highest BCUT2D eigenvalue weighted by molar-refractivity contribution is 4.82. The summed E-state index contributed by atoms with van der Waals surface area (Å²) in [6, 6.07) is 0. The first-order chi connectivity index (χ1) is 8.55. The third-order valence-corrected chi connectivity index (χ3v) is 4.26. The quantitative estimate of drug-likeness (QED) is 0.782. The highest BCUT2D eigenvalue weighted by Gasteiger charge is 2.25. The van der Waals surface area contributed by atoms with Crippen LogP contribution in [0.25, 0.3) is 0 Å². The van der Waals surface area contributed by atoms with Crippen LogP contribution >= 0.6 is 0 Å². The molecule has 0 atom stereocenters. The van der Waals surface area contributed by atoms with Gasteiger partial charge in [-0.25, -0.2) is 0 Å². The normalized spacial score (nSPS) is 25.5. The molecule has 0 radical (unpaired) electrons. The van der Waals surface area contributed by atoms with Gasteiger partial charge in [0.2, 0.25) is 0 Å². The molecule has 1 N–H and O–H groups in total. The molecule has 0 aromatic carbocycles. The minimum Gasteiger partial charge on any atom is -0.314 e. The van der Waals surface area contributed by atoms with Crippen molar-refractivity contribution >= 4 is 0 Å². The van der Waals surface area contributed by atoms with E-state index in [1.54, 1.807) is 0 Å². The molecule has 0 aromatic rings. The molecular weight excluding hydrogens is 224 g/mol. The maximum Gasteiger partial charge on any atom is 0.0126 e. The minimum atomic E-state index is 0.338. The molecule has 2 heterocycles. The van der Waals surface area contributed by atoms with Gasteiger partial charge in [-0.1, -0.05) is 0 Å². The van der Waals surface area contributed by atoms with Gasteiger partial charge < -0.3 is 5.32 Å². The second-order valence-corrected chi connectivity index (χ2v) is 6.59. The molecule has 0 bridgehead atoms. The van der Waals surface area contributed by atoms with Gasteiger partial charge >= 0.3 is 0 Å². The Morgan fingerprint density at radius 1 is 0.778 bits per heavy atom. The van der Waals surface area contributed by atoms with E-state index in [9.17, 15) is 0 Å². The van der Waals surface area contributed by atoms with Gasteiger partial charge in [-0.3, -0.25) is 14.7 Å². The van der Waals surface area contributed by atoms with Gasteiger partial charge in [-0.15, -0.1) is 0 Å². The maximum absolute atomic E-state index is 3.41. The number of rotatable bonds is 3. The van der Waals surface area contributed by atoms with Crippen LogP contribution in [0, 0.1) is 0 Å². The summed E-state index contributed by atoms with van der Waals surface area (Å²) >= 11 is 0. The van der Waals surface area contributed by atoms with E-state index in [0.29, 0.717) is 5.54 Å². The summed E-state index contributed by atoms with van der Waals surface area (Å²) in [5.41, 5.74) is 0.338. The summed E-state index contributed by atoms with van der Waals surface area (Å²) in [5, 5.41) is 3.41. The third kappa shape index (κ3) is 4.19. The van der Waals surface area contributed by atoms with Gasteiger partial charge in [0.1, 0.15) is 0 Å². The van der Waals surface area contributed by atoms with Crippen LogP contribution in [-0.2, 0) is 0 Å². The fraction of sp³-hybridized carbons (Fsp3) is 1.00. The average Bonchev–Trinajstić information content (AvgIpc) is 2.37. The summed E-state index contributed by atoms with van der Waals surface area (Å²) in [6.45, 7) is 19.2. The molecule has 4 heteroatoms. The molecule has 0 unspecified atom stereocenters. The van der Waals surface area contributed by atoms with Crippen molar-refractivity contribution in [2.75, 3.05) is 65.4 Å². The Hall–Kier alpha value is -0.160. The number of piperazine rings is 2. The molecule has 0 spiro atoms. The molecule has 2 aliphatic rings. The molecule has 0 saturated carbocycles. The van der Waals surface area contributed by atoms with Gasteiger partial charge in [0.05, 0.1) is 0 Å². The maximum atomic E-state index is 3.41. The van der Waals surface area contributed by atoms with E-state index >= 15 is 0 Å². The fourth-order valence-electron chi connectivity index (χ4n) is 2.86. The number of nitrogens with zero attached hydrogens (tertiary/aromatic N) is 3. The number of hydrogen-bond acceptors (Lipinski definition) is 4. The SMILES string of the molecule is CC(C)(C)N1CCN(CCN2CCNCC2)CC1. The molecule has 18 heavy (non-hydrogen) atoms. The molecule has 106 valence electrons. The van der Waals surface area contributed by atoms with Crippen LogP contribution in [0.1, 0.15) is 20.8 Å². The zero-order valence-electron chi connectivity index (χ0n) is 12.4. The Bertz CT molecular complexity index is 235. The molecule has 0 amide bonds. The smallest absolute Gasteiger partial charge is 0.0126 e. The molecule has 0 aromatic heterocycles. The lowest BCUT2D eigenvalue weighted by molar-refractivity contribution is 0.0567. The monoisotopic (exact) mass is 254 g/mol. The highest BCUT2D eigenvalue weighted by atomic mass is 15.3. The van der Waals surface area contributed by atoms with Crippen LogP contribution < -0.4 is 5.32 Å². The largest absolute Gasteiger partial charge is 0.314 e. The Morgan fingerprint density at radius 2 is 1.28 bits per heavy atom. The van der Waals surface area contributed by atoms with Gasteiger partial charge in [0.25, 0.3) is 0 Å². The average molecular weight is 254 g/mol. The van der Waals surface area contributed by atoms with Crippen molar-refractivity contribution in [2.24, 2.45) is 0 Å². The standard InChI is InChI=1S/C14H30N4/c1-14(2,3)18-12-10-17(11-13-18)9-8-16-6-4-15-5-7-16/h15H,4-13H2,1-3H3. The Labute approximate surface area is 112 Å². The Morgan fingerprint density at radius 3 is 1.78 bits per heavy atom. The number of nitrogens with one attached hydrogen (secondary N) is 1. The lowest BCUT2D eigenvalue weighted by Crippen LogP contribution is -2.54. The van der Waals surface area contributed by atoms with Gasteiger partial charge in [0, 0.05) is 71.0 Å². The minimum absolute atomic E-state index is 0.338. The summed E-state index contributed by atoms with van der Waals surface area (Å²) < 4.78 is 0. The summed E-state index contributed by atoms with van der Waals surface area (Å²) in [7, 11) is 0. The number of hydrogen-bond donors (Lipinski definition) is 1. The van der Waals surface area contributed by atoms with Crippen LogP contribution in [0.3, 0.4) is 0 Å². The van der Waals surface area contributed by atoms with Crippen LogP contribution in [0.5, 0.6) is 0 Å². The Balaban J connectivity index is 1.64. The Kier molecular flexibility index (Phi) is 5.01. The van der Waals surface area contributed by atoms with Crippen molar-refractivity contribution in [2.45, 2.75) is 26.3 Å². The molecule has 2 saturated heterocycles. The molecule has 0 aliphatic carbocycles. The van der Waals surface area contributed by atoms with Gasteiger partial charge in [-0.2, -0.15) is 0 Å². The van der Waals surface area contributed by atoms with E-state index in [0.717, 1.165) is 13.1 Å². The van der Waals surface area contributed by atoms with Crippen molar-refractivity contribution in [3.63, 3.8) is 0 Å². The molecule has 2 fully saturated rings. The van der Waals surface area contributed by atoms with Gasteiger partial charge in [0.15, 0.2) is 0 Å². The molecule has 2 aliphatic heterocycles. The van der Waals surface area contributed by atoms with Crippen LogP contribution in [-0.4, -0.2) is 85.7 Å². The second kappa shape index (κ2) is 6.33. The molecular formula is C14H30N4. The van der Waals surface area contributed by atoms with Crippen LogP contribution in [0.15, 0.2) is 0 Å². The van der Waals surface area contributed by atoms with Crippen molar-refractivity contribution in [1.29, 1.82) is 0 Å². The van der Waals surface area contributed by atoms with E-state index in [-0.39, 0.29) is 0 Å². The van der Waals surface area contributed by atoms with Crippen LogP contribution in [0.2, 0.25) is 0 Å². The van der Waals surface area contributed by atoms with Gasteiger partial charge in [-0.05, 0) is 20.8 Å². The van der Waals surface area contributed by atoms with Crippen molar-refractivity contribution < 1.29 is 0 Å². The summed E-state index contributed by atoms with van der Waals surface area (Å²) in [4.78, 5) is 7.82. The molecule has 2 rings (SSSR count). The highest BCUT2D eigenvalue weighted by Crippen LogP contribution is 2.15. The second-order valence-electron chi connectivity index (χ2n) is 6.59. The predicted molar refractivity (Wildman–Crippen MR) is 77.1 cm³/mol. The molecule has 4 nitrogen and oxygen atoms in total. The zero-order chi connectivity index (χ0) is 13.0. The first-order valence-corrected chi connectivity index (χ1v) is 7.46. The first-order valence-electron chi connectivity index (χ1n) is 7.46. The predicted octanol–water partition coefficient (Wildman–Crippen LogP) is 0.308. The topological polar surface area (TPSA) is 21.8 Å². The lowest BCUT2D eigenvalue weighted by atomic mass is 10.1. The van der Waals surface area contributed by atoms with E-state index in [2.05, 4.69) is 40.8 Å². The zero-order valence-corrected chi connectivity index (χ0v) is 12.4. The van der Waals surface area contributed by atoms with E-state index in [4.69, 9.17) is 0 Å².